The molecule has 308 valence electrons. The first-order chi connectivity index (χ1) is 28.0. The van der Waals surface area contributed by atoms with Gasteiger partial charge in [-0.3, -0.25) is 9.44 Å². The first-order valence-electron chi connectivity index (χ1n) is 16.2. The molecule has 0 saturated carbocycles. The molecule has 0 saturated heterocycles. The number of aliphatic hydroxyl groups excluding tert-OH is 1. The number of aromatic carboxylic acids is 1. The van der Waals surface area contributed by atoms with Crippen LogP contribution in [0.5, 0.6) is 11.8 Å². The van der Waals surface area contributed by atoms with E-state index in [0.717, 1.165) is 11.8 Å². The van der Waals surface area contributed by atoms with Crippen molar-refractivity contribution in [2.45, 2.75) is 29.6 Å². The fourth-order valence-corrected chi connectivity index (χ4v) is 8.50. The van der Waals surface area contributed by atoms with Crippen LogP contribution in [0, 0.1) is 0 Å². The number of aliphatic hydroxyl groups is 1. The predicted octanol–water partition coefficient (Wildman–Crippen LogP) is 8.82. The van der Waals surface area contributed by atoms with Crippen molar-refractivity contribution in [1.82, 2.24) is 19.9 Å². The van der Waals surface area contributed by atoms with Gasteiger partial charge in [-0.15, -0.1) is 0 Å². The molecule has 2 heterocycles. The summed E-state index contributed by atoms with van der Waals surface area (Å²) >= 11 is 35.5. The molecule has 0 spiro atoms. The molecule has 59 heavy (non-hydrogen) atoms. The molecule has 6 rings (SSSR count). The molecule has 0 aliphatic carbocycles. The number of carboxylic acids is 1. The van der Waals surface area contributed by atoms with Crippen molar-refractivity contribution in [3.8, 4) is 11.8 Å². The lowest BCUT2D eigenvalue weighted by atomic mass is 10.1. The third kappa shape index (κ3) is 12.2. The molecule has 0 unspecified atom stereocenters. The summed E-state index contributed by atoms with van der Waals surface area (Å²) in [6.07, 6.45) is 2.31. The fourth-order valence-electron chi connectivity index (χ4n) is 4.71. The number of halogens is 6. The van der Waals surface area contributed by atoms with Gasteiger partial charge in [-0.05, 0) is 53.1 Å². The zero-order chi connectivity index (χ0) is 42.9. The Morgan fingerprint density at radius 3 is 1.49 bits per heavy atom. The Labute approximate surface area is 366 Å². The lowest BCUT2D eigenvalue weighted by molar-refractivity contribution is 0.0696. The van der Waals surface area contributed by atoms with E-state index in [0.29, 0.717) is 11.1 Å². The van der Waals surface area contributed by atoms with E-state index in [9.17, 15) is 26.7 Å². The highest BCUT2D eigenvalue weighted by molar-refractivity contribution is 7.93. The summed E-state index contributed by atoms with van der Waals surface area (Å²) in [6.45, 7) is -0.172. The number of anilines is 2. The topological polar surface area (TPSA) is 220 Å². The van der Waals surface area contributed by atoms with Gasteiger partial charge in [0.05, 0.1) is 44.7 Å². The van der Waals surface area contributed by atoms with E-state index in [-0.39, 0.29) is 89.0 Å². The zero-order valence-electron chi connectivity index (χ0n) is 29.5. The van der Waals surface area contributed by atoms with Crippen LogP contribution in [0.1, 0.15) is 27.0 Å². The van der Waals surface area contributed by atoms with Gasteiger partial charge in [0, 0.05) is 0 Å². The Morgan fingerprint density at radius 2 is 1.03 bits per heavy atom. The predicted molar refractivity (Wildman–Crippen MR) is 223 cm³/mol. The van der Waals surface area contributed by atoms with E-state index in [1.165, 1.54) is 54.7 Å². The van der Waals surface area contributed by atoms with Gasteiger partial charge in [-0.25, -0.2) is 31.6 Å². The first kappa shape index (κ1) is 45.4. The average molecular weight is 963 g/mol. The zero-order valence-corrected chi connectivity index (χ0v) is 35.7. The number of carbonyl (C=O) groups is 1. The highest BCUT2D eigenvalue weighted by Crippen LogP contribution is 2.33. The summed E-state index contributed by atoms with van der Waals surface area (Å²) in [4.78, 5) is 26.4. The van der Waals surface area contributed by atoms with Gasteiger partial charge in [-0.2, -0.15) is 9.97 Å². The van der Waals surface area contributed by atoms with Gasteiger partial charge >= 0.3 is 5.97 Å². The first-order valence-corrected chi connectivity index (χ1v) is 21.5. The smallest absolute Gasteiger partial charge is 0.335 e. The number of aromatic nitrogens is 4. The quantitative estimate of drug-likeness (QED) is 0.0803. The van der Waals surface area contributed by atoms with Crippen molar-refractivity contribution in [2.24, 2.45) is 0 Å². The Hall–Kier alpha value is -4.69. The summed E-state index contributed by atoms with van der Waals surface area (Å²) in [5.74, 6) is -1.81. The molecule has 0 amide bonds. The van der Waals surface area contributed by atoms with Gasteiger partial charge in [0.25, 0.3) is 31.8 Å². The van der Waals surface area contributed by atoms with Crippen LogP contribution >= 0.6 is 69.6 Å². The van der Waals surface area contributed by atoms with Crippen LogP contribution in [0.3, 0.4) is 0 Å². The van der Waals surface area contributed by atoms with Gasteiger partial charge in [0.15, 0.2) is 10.3 Å². The number of carboxylic acid groups (broad SMARTS) is 1. The molecule has 0 bridgehead atoms. The van der Waals surface area contributed by atoms with Crippen molar-refractivity contribution >= 4 is 107 Å². The lowest BCUT2D eigenvalue weighted by Gasteiger charge is -2.13. The normalized spacial score (nSPS) is 11.2. The van der Waals surface area contributed by atoms with Crippen molar-refractivity contribution in [1.29, 1.82) is 0 Å². The maximum atomic E-state index is 12.7. The number of sulfonamides is 2. The number of hydrogen-bond acceptors (Lipinski definition) is 12. The molecule has 0 atom stereocenters. The molecule has 0 radical (unpaired) electrons. The monoisotopic (exact) mass is 960 g/mol. The molecular weight excluding hydrogens is 937 g/mol. The van der Waals surface area contributed by atoms with Gasteiger partial charge in [0.2, 0.25) is 11.6 Å². The number of nitrogens with zero attached hydrogens (tertiary/aromatic N) is 4. The minimum absolute atomic E-state index is 0.0212. The van der Waals surface area contributed by atoms with Crippen LogP contribution in [-0.2, 0) is 39.9 Å². The maximum Gasteiger partial charge on any atom is 0.335 e. The minimum Gasteiger partial charge on any atom is -0.478 e. The molecule has 2 aromatic heterocycles. The Kier molecular flexibility index (Phi) is 15.4. The summed E-state index contributed by atoms with van der Waals surface area (Å²) in [6, 6.07) is 21.5. The van der Waals surface area contributed by atoms with E-state index in [1.54, 1.807) is 36.4 Å². The summed E-state index contributed by atoms with van der Waals surface area (Å²) in [5.41, 5.74) is 2.04. The van der Waals surface area contributed by atoms with Gasteiger partial charge in [0.1, 0.15) is 23.0 Å². The lowest BCUT2D eigenvalue weighted by Crippen LogP contribution is -2.16. The van der Waals surface area contributed by atoms with Crippen molar-refractivity contribution in [2.75, 3.05) is 9.44 Å². The summed E-state index contributed by atoms with van der Waals surface area (Å²) < 4.78 is 66.6. The third-order valence-electron chi connectivity index (χ3n) is 7.39. The van der Waals surface area contributed by atoms with E-state index >= 15 is 0 Å². The number of rotatable bonds is 14. The van der Waals surface area contributed by atoms with Crippen LogP contribution in [0.2, 0.25) is 30.4 Å². The standard InChI is InChI=1S/C18H12Cl3N3O5S.C18H14Cl3N3O4S/c19-12-5-2-6-13(15(12)21)30(27,28)24-16-17(23-14(20)8-22-16)29-9-10-3-1-4-11(7-10)18(25)26;19-13-5-2-6-14(16(13)21)29(26,27)24-17-18(23-15(20)8-22-17)28-10-12-4-1-3-11(7-12)9-25/h1-8H,9H2,(H,22,24)(H,25,26);1-8,25H,9-10H2,(H,22,24). The second-order valence-electron chi connectivity index (χ2n) is 11.6. The summed E-state index contributed by atoms with van der Waals surface area (Å²) in [7, 11) is -8.29. The molecule has 4 aromatic carbocycles. The van der Waals surface area contributed by atoms with Gasteiger partial charge < -0.3 is 19.7 Å². The number of benzene rings is 4. The second kappa shape index (κ2) is 20.0. The van der Waals surface area contributed by atoms with E-state index < -0.39 is 26.0 Å². The van der Waals surface area contributed by atoms with Gasteiger partial charge in [-0.1, -0.05) is 118 Å². The molecular formula is C36H26Cl6N6O9S2. The SMILES string of the molecule is O=C(O)c1cccc(COc2nc(Cl)cnc2NS(=O)(=O)c2cccc(Cl)c2Cl)c1.O=S(=O)(Nc1ncc(Cl)nc1OCc1cccc(CO)c1)c1cccc(Cl)c1Cl. The average Bonchev–Trinajstić information content (AvgIpc) is 3.20. The largest absolute Gasteiger partial charge is 0.478 e. The fraction of sp³-hybridized carbons (Fsp3) is 0.0833. The van der Waals surface area contributed by atoms with Crippen LogP contribution in [-0.4, -0.2) is 53.0 Å². The Morgan fingerprint density at radius 1 is 0.610 bits per heavy atom. The highest BCUT2D eigenvalue weighted by atomic mass is 35.5. The Balaban J connectivity index is 0.000000224. The van der Waals surface area contributed by atoms with Crippen LogP contribution in [0.15, 0.2) is 107 Å². The molecule has 0 aliphatic rings. The molecule has 15 nitrogen and oxygen atoms in total. The third-order valence-corrected chi connectivity index (χ3v) is 12.4. The van der Waals surface area contributed by atoms with Crippen molar-refractivity contribution in [3.63, 3.8) is 0 Å². The molecule has 0 aliphatic heterocycles. The van der Waals surface area contributed by atoms with E-state index in [1.807, 2.05) is 0 Å². The second-order valence-corrected chi connectivity index (χ2v) is 17.2. The number of hydrogen-bond donors (Lipinski definition) is 4. The van der Waals surface area contributed by atoms with Crippen LogP contribution < -0.4 is 18.9 Å². The maximum absolute atomic E-state index is 12.7. The minimum atomic E-state index is -4.17. The number of ether oxygens (including phenoxy) is 2. The molecule has 0 fully saturated rings. The Bertz CT molecular complexity index is 2740. The highest BCUT2D eigenvalue weighted by Gasteiger charge is 2.24. The molecule has 6 aromatic rings. The van der Waals surface area contributed by atoms with Crippen LogP contribution in [0.25, 0.3) is 0 Å². The van der Waals surface area contributed by atoms with Crippen molar-refractivity contribution in [3.05, 3.63) is 150 Å². The molecule has 23 heteroatoms. The van der Waals surface area contributed by atoms with E-state index in [2.05, 4.69) is 29.4 Å². The van der Waals surface area contributed by atoms with Crippen LogP contribution in [0.4, 0.5) is 11.6 Å². The number of nitrogens with one attached hydrogen (secondary N) is 2. The summed E-state index contributed by atoms with van der Waals surface area (Å²) in [5, 5.41) is 18.2. The van der Waals surface area contributed by atoms with Crippen molar-refractivity contribution < 1.29 is 41.3 Å². The van der Waals surface area contributed by atoms with E-state index in [4.69, 9.17) is 84.2 Å². The molecule has 4 N–H and O–H groups in total.